The zero-order valence-electron chi connectivity index (χ0n) is 12.2. The first kappa shape index (κ1) is 16.2. The van der Waals surface area contributed by atoms with Gasteiger partial charge < -0.3 is 10.1 Å². The quantitative estimate of drug-likeness (QED) is 0.880. The van der Waals surface area contributed by atoms with Gasteiger partial charge in [-0.25, -0.2) is 9.18 Å². The van der Waals surface area contributed by atoms with Gasteiger partial charge in [0, 0.05) is 0 Å². The number of rotatable bonds is 4. The van der Waals surface area contributed by atoms with E-state index in [2.05, 4.69) is 5.32 Å². The maximum Gasteiger partial charge on any atom is 0.338 e. The second-order valence-electron chi connectivity index (χ2n) is 4.71. The number of nitrogens with one attached hydrogen (secondary N) is 1. The van der Waals surface area contributed by atoms with E-state index in [9.17, 15) is 14.0 Å². The summed E-state index contributed by atoms with van der Waals surface area (Å²) in [6.45, 7) is 1.39. The highest BCUT2D eigenvalue weighted by molar-refractivity contribution is 5.97. The molecule has 0 aliphatic carbocycles. The Bertz CT molecular complexity index is 766. The minimum atomic E-state index is -1.10. The van der Waals surface area contributed by atoms with Crippen molar-refractivity contribution in [3.63, 3.8) is 0 Å². The van der Waals surface area contributed by atoms with E-state index in [1.54, 1.807) is 6.07 Å². The molecule has 2 aromatic rings. The molecule has 0 fully saturated rings. The number of hydrogen-bond acceptors (Lipinski definition) is 4. The fourth-order valence-electron chi connectivity index (χ4n) is 1.76. The van der Waals surface area contributed by atoms with Gasteiger partial charge in [-0.3, -0.25) is 4.79 Å². The molecule has 0 saturated carbocycles. The number of para-hydroxylation sites is 1. The summed E-state index contributed by atoms with van der Waals surface area (Å²) in [5, 5.41) is 11.0. The van der Waals surface area contributed by atoms with E-state index >= 15 is 0 Å². The van der Waals surface area contributed by atoms with Crippen molar-refractivity contribution in [3.8, 4) is 6.07 Å². The fourth-order valence-corrected chi connectivity index (χ4v) is 1.76. The van der Waals surface area contributed by atoms with Crippen molar-refractivity contribution in [3.05, 3.63) is 65.5 Å². The Morgan fingerprint density at radius 1 is 1.17 bits per heavy atom. The maximum absolute atomic E-state index is 13.5. The fraction of sp³-hybridized carbons (Fsp3) is 0.118. The summed E-state index contributed by atoms with van der Waals surface area (Å²) >= 11 is 0. The third-order valence-corrected chi connectivity index (χ3v) is 3.03. The molecule has 2 rings (SSSR count). The normalized spacial score (nSPS) is 11.2. The molecular formula is C17H13FN2O3. The van der Waals surface area contributed by atoms with Gasteiger partial charge in [-0.15, -0.1) is 0 Å². The van der Waals surface area contributed by atoms with E-state index < -0.39 is 23.8 Å². The van der Waals surface area contributed by atoms with Crippen LogP contribution in [0.2, 0.25) is 0 Å². The average Bonchev–Trinajstić information content (AvgIpc) is 2.56. The van der Waals surface area contributed by atoms with Crippen LogP contribution in [0.25, 0.3) is 0 Å². The van der Waals surface area contributed by atoms with Crippen LogP contribution in [0.5, 0.6) is 0 Å². The van der Waals surface area contributed by atoms with Crippen LogP contribution < -0.4 is 5.32 Å². The summed E-state index contributed by atoms with van der Waals surface area (Å²) in [6, 6.07) is 13.4. The minimum absolute atomic E-state index is 0.0128. The van der Waals surface area contributed by atoms with Crippen molar-refractivity contribution < 1.29 is 18.7 Å². The molecule has 1 atom stereocenters. The predicted molar refractivity (Wildman–Crippen MR) is 81.1 cm³/mol. The largest absolute Gasteiger partial charge is 0.449 e. The number of benzene rings is 2. The lowest BCUT2D eigenvalue weighted by atomic mass is 10.1. The van der Waals surface area contributed by atoms with Crippen LogP contribution in [0.3, 0.4) is 0 Å². The second kappa shape index (κ2) is 7.18. The average molecular weight is 312 g/mol. The van der Waals surface area contributed by atoms with Gasteiger partial charge in [0.15, 0.2) is 6.10 Å². The third kappa shape index (κ3) is 4.14. The zero-order valence-corrected chi connectivity index (χ0v) is 12.2. The van der Waals surface area contributed by atoms with Crippen molar-refractivity contribution in [2.24, 2.45) is 0 Å². The van der Waals surface area contributed by atoms with Crippen molar-refractivity contribution in [1.82, 2.24) is 0 Å². The topological polar surface area (TPSA) is 79.2 Å². The molecule has 1 N–H and O–H groups in total. The maximum atomic E-state index is 13.5. The van der Waals surface area contributed by atoms with Gasteiger partial charge in [-0.2, -0.15) is 5.26 Å². The monoisotopic (exact) mass is 312 g/mol. The predicted octanol–water partition coefficient (Wildman–Crippen LogP) is 2.88. The summed E-state index contributed by atoms with van der Waals surface area (Å²) in [4.78, 5) is 23.9. The molecule has 1 amide bonds. The molecule has 23 heavy (non-hydrogen) atoms. The number of hydrogen-bond donors (Lipinski definition) is 1. The van der Waals surface area contributed by atoms with Crippen LogP contribution in [-0.4, -0.2) is 18.0 Å². The molecule has 0 unspecified atom stereocenters. The Kier molecular flexibility index (Phi) is 5.05. The van der Waals surface area contributed by atoms with Gasteiger partial charge in [0.1, 0.15) is 5.82 Å². The Morgan fingerprint density at radius 3 is 2.43 bits per heavy atom. The summed E-state index contributed by atoms with van der Waals surface area (Å²) in [7, 11) is 0. The number of nitriles is 1. The van der Waals surface area contributed by atoms with E-state index in [0.29, 0.717) is 5.56 Å². The number of esters is 1. The van der Waals surface area contributed by atoms with Crippen LogP contribution in [-0.2, 0) is 9.53 Å². The number of amides is 1. The zero-order chi connectivity index (χ0) is 16.8. The van der Waals surface area contributed by atoms with Gasteiger partial charge in [-0.1, -0.05) is 12.1 Å². The molecule has 116 valence electrons. The molecule has 0 radical (unpaired) electrons. The van der Waals surface area contributed by atoms with Crippen LogP contribution in [0, 0.1) is 17.1 Å². The first-order valence-electron chi connectivity index (χ1n) is 6.78. The van der Waals surface area contributed by atoms with Gasteiger partial charge in [0.25, 0.3) is 5.91 Å². The van der Waals surface area contributed by atoms with Crippen LogP contribution in [0.15, 0.2) is 48.5 Å². The number of carbonyl (C=O) groups excluding carboxylic acids is 2. The van der Waals surface area contributed by atoms with Crippen molar-refractivity contribution >= 4 is 17.6 Å². The Hall–Kier alpha value is -3.20. The highest BCUT2D eigenvalue weighted by atomic mass is 19.1. The molecule has 0 aliphatic heterocycles. The lowest BCUT2D eigenvalue weighted by Gasteiger charge is -2.14. The van der Waals surface area contributed by atoms with Crippen molar-refractivity contribution in [1.29, 1.82) is 5.26 Å². The summed E-state index contributed by atoms with van der Waals surface area (Å²) < 4.78 is 18.5. The van der Waals surface area contributed by atoms with Gasteiger partial charge in [0.2, 0.25) is 0 Å². The molecular weight excluding hydrogens is 299 g/mol. The molecule has 0 aromatic heterocycles. The Balaban J connectivity index is 1.99. The molecule has 6 heteroatoms. The van der Waals surface area contributed by atoms with E-state index in [0.717, 1.165) is 0 Å². The summed E-state index contributed by atoms with van der Waals surface area (Å²) in [5.74, 6) is -1.92. The molecule has 0 aliphatic rings. The number of anilines is 1. The minimum Gasteiger partial charge on any atom is -0.449 e. The summed E-state index contributed by atoms with van der Waals surface area (Å²) in [5.41, 5.74) is 0.639. The number of nitrogens with zero attached hydrogens (tertiary/aromatic N) is 1. The Morgan fingerprint density at radius 2 is 1.83 bits per heavy atom. The first-order chi connectivity index (χ1) is 11.0. The molecule has 0 bridgehead atoms. The van der Waals surface area contributed by atoms with E-state index in [4.69, 9.17) is 10.00 Å². The Labute approximate surface area is 132 Å². The van der Waals surface area contributed by atoms with Gasteiger partial charge in [-0.05, 0) is 43.3 Å². The van der Waals surface area contributed by atoms with Crippen molar-refractivity contribution in [2.75, 3.05) is 5.32 Å². The lowest BCUT2D eigenvalue weighted by molar-refractivity contribution is -0.123. The van der Waals surface area contributed by atoms with E-state index in [1.165, 1.54) is 49.4 Å². The number of halogens is 1. The first-order valence-corrected chi connectivity index (χ1v) is 6.78. The molecule has 0 heterocycles. The molecule has 5 nitrogen and oxygen atoms in total. The highest BCUT2D eigenvalue weighted by Crippen LogP contribution is 2.13. The number of carbonyl (C=O) groups is 2. The highest BCUT2D eigenvalue weighted by Gasteiger charge is 2.19. The molecule has 2 aromatic carbocycles. The lowest BCUT2D eigenvalue weighted by Crippen LogP contribution is -2.30. The summed E-state index contributed by atoms with van der Waals surface area (Å²) in [6.07, 6.45) is -1.10. The third-order valence-electron chi connectivity index (χ3n) is 3.03. The van der Waals surface area contributed by atoms with Gasteiger partial charge >= 0.3 is 5.97 Å². The van der Waals surface area contributed by atoms with Crippen LogP contribution in [0.1, 0.15) is 22.8 Å². The van der Waals surface area contributed by atoms with E-state index in [1.807, 2.05) is 6.07 Å². The number of ether oxygens (including phenoxy) is 1. The molecule has 0 spiro atoms. The standard InChI is InChI=1S/C17H13FN2O3/c1-11(16(21)20-15-5-3-2-4-14(15)18)23-17(22)13-8-6-12(10-19)7-9-13/h2-9,11H,1H3,(H,20,21)/t11-/m1/s1. The van der Waals surface area contributed by atoms with Crippen LogP contribution >= 0.6 is 0 Å². The van der Waals surface area contributed by atoms with Crippen LogP contribution in [0.4, 0.5) is 10.1 Å². The smallest absolute Gasteiger partial charge is 0.338 e. The van der Waals surface area contributed by atoms with Crippen molar-refractivity contribution in [2.45, 2.75) is 13.0 Å². The SMILES string of the molecule is C[C@@H](OC(=O)c1ccc(C#N)cc1)C(=O)Nc1ccccc1F. The van der Waals surface area contributed by atoms with E-state index in [-0.39, 0.29) is 11.3 Å². The second-order valence-corrected chi connectivity index (χ2v) is 4.71. The van der Waals surface area contributed by atoms with Gasteiger partial charge in [0.05, 0.1) is 22.9 Å². The molecule has 0 saturated heterocycles.